The van der Waals surface area contributed by atoms with Gasteiger partial charge in [0, 0.05) is 23.3 Å². The Balaban J connectivity index is 3.11. The quantitative estimate of drug-likeness (QED) is 0.218. The van der Waals surface area contributed by atoms with Gasteiger partial charge in [0.05, 0.1) is 7.11 Å². The number of hydrogen-bond donors (Lipinski definition) is 3. The van der Waals surface area contributed by atoms with Crippen molar-refractivity contribution in [1.82, 2.24) is 16.0 Å². The van der Waals surface area contributed by atoms with Crippen LogP contribution < -0.4 is 16.0 Å². The van der Waals surface area contributed by atoms with Gasteiger partial charge in [-0.05, 0) is 52.6 Å². The number of carbonyl (C=O) groups is 4. The number of ether oxygens (including phenoxy) is 1. The number of halogens is 1. The van der Waals surface area contributed by atoms with Gasteiger partial charge >= 0.3 is 5.97 Å². The topological polar surface area (TPSA) is 114 Å². The van der Waals surface area contributed by atoms with Crippen molar-refractivity contribution < 1.29 is 23.9 Å². The Hall–Kier alpha value is -2.61. The molecule has 0 saturated carbocycles. The molecule has 0 aromatic heterocycles. The molecule has 0 aliphatic rings. The van der Waals surface area contributed by atoms with Gasteiger partial charge in [0.15, 0.2) is 0 Å². The molecule has 0 unspecified atom stereocenters. The van der Waals surface area contributed by atoms with E-state index in [9.17, 15) is 19.2 Å². The summed E-state index contributed by atoms with van der Waals surface area (Å²) >= 11 is 2.17. The van der Waals surface area contributed by atoms with E-state index in [2.05, 4.69) is 44.5 Å². The van der Waals surface area contributed by atoms with Crippen LogP contribution in [0.25, 0.3) is 0 Å². The summed E-state index contributed by atoms with van der Waals surface area (Å²) in [4.78, 5) is 49.5. The van der Waals surface area contributed by atoms with Crippen molar-refractivity contribution in [2.45, 2.75) is 58.2 Å². The van der Waals surface area contributed by atoms with E-state index in [4.69, 9.17) is 11.2 Å². The lowest BCUT2D eigenvalue weighted by molar-refractivity contribution is -0.146. The van der Waals surface area contributed by atoms with E-state index >= 15 is 0 Å². The van der Waals surface area contributed by atoms with Crippen molar-refractivity contribution >= 4 is 46.3 Å². The monoisotopic (exact) mass is 555 g/mol. The zero-order valence-corrected chi connectivity index (χ0v) is 20.9. The molecule has 174 valence electrons. The number of carbonyl (C=O) groups excluding carboxylic acids is 4. The van der Waals surface area contributed by atoms with Gasteiger partial charge in [-0.2, -0.15) is 0 Å². The number of terminal acetylenes is 1. The molecule has 0 heterocycles. The van der Waals surface area contributed by atoms with E-state index < -0.39 is 41.8 Å². The molecule has 0 fully saturated rings. The highest BCUT2D eigenvalue weighted by Crippen LogP contribution is 2.11. The molecule has 0 bridgehead atoms. The summed E-state index contributed by atoms with van der Waals surface area (Å²) in [7, 11) is 1.25. The zero-order valence-electron chi connectivity index (χ0n) is 18.7. The third-order valence-electron chi connectivity index (χ3n) is 4.51. The van der Waals surface area contributed by atoms with Crippen LogP contribution in [0.3, 0.4) is 0 Å². The molecule has 1 rings (SSSR count). The van der Waals surface area contributed by atoms with Gasteiger partial charge in [0.2, 0.25) is 17.7 Å². The molecule has 32 heavy (non-hydrogen) atoms. The summed E-state index contributed by atoms with van der Waals surface area (Å²) in [6.45, 7) is 5.12. The largest absolute Gasteiger partial charge is 0.467 e. The summed E-state index contributed by atoms with van der Waals surface area (Å²) in [5.74, 6) is 0.390. The number of hydrogen-bond acceptors (Lipinski definition) is 5. The van der Waals surface area contributed by atoms with Crippen LogP contribution in [0.5, 0.6) is 0 Å². The van der Waals surface area contributed by atoms with Crippen LogP contribution in [0.4, 0.5) is 0 Å². The van der Waals surface area contributed by atoms with Crippen molar-refractivity contribution in [1.29, 1.82) is 0 Å². The number of rotatable bonds is 11. The van der Waals surface area contributed by atoms with Crippen molar-refractivity contribution in [2.24, 2.45) is 5.92 Å². The first kappa shape index (κ1) is 27.4. The molecule has 0 saturated heterocycles. The van der Waals surface area contributed by atoms with E-state index in [1.165, 1.54) is 14.0 Å². The van der Waals surface area contributed by atoms with Crippen LogP contribution in [0.1, 0.15) is 39.2 Å². The number of benzene rings is 1. The third kappa shape index (κ3) is 9.68. The van der Waals surface area contributed by atoms with Crippen LogP contribution in [0.2, 0.25) is 0 Å². The summed E-state index contributed by atoms with van der Waals surface area (Å²) in [6, 6.07) is 4.68. The third-order valence-corrected chi connectivity index (χ3v) is 5.23. The average molecular weight is 555 g/mol. The van der Waals surface area contributed by atoms with Gasteiger partial charge in [0.25, 0.3) is 0 Å². The summed E-state index contributed by atoms with van der Waals surface area (Å²) < 4.78 is 5.84. The normalized spacial score (nSPS) is 13.3. The summed E-state index contributed by atoms with van der Waals surface area (Å²) in [5.41, 5.74) is 0.817. The fraction of sp³-hybridized carbons (Fsp3) is 0.478. The van der Waals surface area contributed by atoms with Crippen LogP contribution in [0, 0.1) is 21.8 Å². The number of esters is 1. The Kier molecular flexibility index (Phi) is 11.8. The standard InChI is InChI=1S/C23H30IN3O5/c1-6-7-18(25-15(4)28)21(29)26-19(13-16-8-10-17(24)11-9-16)22(30)27-20(12-14(2)3)23(31)32-5/h1,8-11,14,18-20H,7,12-13H2,2-5H3,(H,25,28)(H,26,29)(H,27,30)/t18-,19+,20+/m1/s1. The lowest BCUT2D eigenvalue weighted by atomic mass is 10.0. The summed E-state index contributed by atoms with van der Waals surface area (Å²) in [6.07, 6.45) is 5.86. The Labute approximate surface area is 202 Å². The second kappa shape index (κ2) is 13.7. The second-order valence-corrected chi connectivity index (χ2v) is 9.01. The number of methoxy groups -OCH3 is 1. The van der Waals surface area contributed by atoms with Crippen molar-refractivity contribution in [3.05, 3.63) is 33.4 Å². The van der Waals surface area contributed by atoms with Gasteiger partial charge in [-0.3, -0.25) is 14.4 Å². The van der Waals surface area contributed by atoms with Crippen LogP contribution in [-0.4, -0.2) is 48.9 Å². The predicted octanol–water partition coefficient (Wildman–Crippen LogP) is 1.55. The van der Waals surface area contributed by atoms with Crippen LogP contribution in [0.15, 0.2) is 24.3 Å². The number of nitrogens with one attached hydrogen (secondary N) is 3. The smallest absolute Gasteiger partial charge is 0.328 e. The first-order chi connectivity index (χ1) is 15.1. The van der Waals surface area contributed by atoms with Gasteiger partial charge in [-0.25, -0.2) is 4.79 Å². The van der Waals surface area contributed by atoms with E-state index in [1.807, 2.05) is 38.1 Å². The SMILES string of the molecule is C#CC[C@@H](NC(C)=O)C(=O)N[C@@H](Cc1ccc(I)cc1)C(=O)N[C@@H](CC(C)C)C(=O)OC. The molecule has 8 nitrogen and oxygen atoms in total. The lowest BCUT2D eigenvalue weighted by Gasteiger charge is -2.25. The maximum Gasteiger partial charge on any atom is 0.328 e. The fourth-order valence-electron chi connectivity index (χ4n) is 3.01. The molecule has 3 N–H and O–H groups in total. The fourth-order valence-corrected chi connectivity index (χ4v) is 3.37. The van der Waals surface area contributed by atoms with Crippen molar-refractivity contribution in [2.75, 3.05) is 7.11 Å². The minimum absolute atomic E-state index is 0.0264. The van der Waals surface area contributed by atoms with Crippen LogP contribution >= 0.6 is 22.6 Å². The molecular weight excluding hydrogens is 525 g/mol. The number of amides is 3. The first-order valence-corrected chi connectivity index (χ1v) is 11.3. The molecule has 0 aliphatic carbocycles. The Bertz CT molecular complexity index is 848. The highest BCUT2D eigenvalue weighted by Gasteiger charge is 2.30. The maximum absolute atomic E-state index is 13.1. The molecule has 0 radical (unpaired) electrons. The minimum Gasteiger partial charge on any atom is -0.467 e. The molecular formula is C23H30IN3O5. The van der Waals surface area contributed by atoms with Crippen LogP contribution in [-0.2, 0) is 30.3 Å². The van der Waals surface area contributed by atoms with Gasteiger partial charge in [-0.15, -0.1) is 12.3 Å². The van der Waals surface area contributed by atoms with Gasteiger partial charge in [-0.1, -0.05) is 26.0 Å². The Morgan fingerprint density at radius 3 is 2.06 bits per heavy atom. The maximum atomic E-state index is 13.1. The lowest BCUT2D eigenvalue weighted by Crippen LogP contribution is -2.56. The van der Waals surface area contributed by atoms with E-state index in [0.29, 0.717) is 6.42 Å². The van der Waals surface area contributed by atoms with Crippen molar-refractivity contribution in [3.63, 3.8) is 0 Å². The van der Waals surface area contributed by atoms with E-state index in [1.54, 1.807) is 0 Å². The molecule has 0 spiro atoms. The average Bonchev–Trinajstić information content (AvgIpc) is 2.72. The molecule has 9 heteroatoms. The minimum atomic E-state index is -0.990. The van der Waals surface area contributed by atoms with Gasteiger partial charge in [0.1, 0.15) is 18.1 Å². The Morgan fingerprint density at radius 1 is 1.00 bits per heavy atom. The molecule has 0 aliphatic heterocycles. The second-order valence-electron chi connectivity index (χ2n) is 7.77. The van der Waals surface area contributed by atoms with Gasteiger partial charge < -0.3 is 20.7 Å². The Morgan fingerprint density at radius 2 is 1.56 bits per heavy atom. The molecule has 3 amide bonds. The molecule has 3 atom stereocenters. The molecule has 1 aromatic rings. The highest BCUT2D eigenvalue weighted by atomic mass is 127. The van der Waals surface area contributed by atoms with Crippen molar-refractivity contribution in [3.8, 4) is 12.3 Å². The highest BCUT2D eigenvalue weighted by molar-refractivity contribution is 14.1. The van der Waals surface area contributed by atoms with E-state index in [0.717, 1.165) is 9.13 Å². The van der Waals surface area contributed by atoms with E-state index in [-0.39, 0.29) is 18.8 Å². The predicted molar refractivity (Wildman–Crippen MR) is 129 cm³/mol. The zero-order chi connectivity index (χ0) is 24.3. The first-order valence-electron chi connectivity index (χ1n) is 10.2. The summed E-state index contributed by atoms with van der Waals surface area (Å²) in [5, 5.41) is 7.85. The molecule has 1 aromatic carbocycles.